The van der Waals surface area contributed by atoms with Crippen LogP contribution in [0.15, 0.2) is 103 Å². The molecular formula is C29H23N3. The van der Waals surface area contributed by atoms with Crippen LogP contribution >= 0.6 is 0 Å². The molecule has 0 aliphatic heterocycles. The van der Waals surface area contributed by atoms with Gasteiger partial charge in [0.2, 0.25) is 5.95 Å². The van der Waals surface area contributed by atoms with E-state index in [1.165, 1.54) is 38.6 Å². The van der Waals surface area contributed by atoms with Gasteiger partial charge in [-0.2, -0.15) is 0 Å². The lowest BCUT2D eigenvalue weighted by Crippen LogP contribution is -2.15. The molecule has 1 aliphatic rings. The third-order valence-electron chi connectivity index (χ3n) is 6.40. The van der Waals surface area contributed by atoms with Gasteiger partial charge in [-0.15, -0.1) is 0 Å². The van der Waals surface area contributed by atoms with Crippen molar-refractivity contribution in [1.82, 2.24) is 9.97 Å². The highest BCUT2D eigenvalue weighted by Crippen LogP contribution is 2.41. The van der Waals surface area contributed by atoms with Crippen LogP contribution in [-0.2, 0) is 13.0 Å². The van der Waals surface area contributed by atoms with Gasteiger partial charge in [0.1, 0.15) is 0 Å². The molecule has 1 heterocycles. The minimum atomic E-state index is 0.331. The van der Waals surface area contributed by atoms with Gasteiger partial charge in [-0.3, -0.25) is 0 Å². The molecule has 1 aromatic heterocycles. The van der Waals surface area contributed by atoms with Crippen molar-refractivity contribution in [3.63, 3.8) is 0 Å². The predicted octanol–water partition coefficient (Wildman–Crippen LogP) is 6.60. The van der Waals surface area contributed by atoms with E-state index < -0.39 is 0 Å². The summed E-state index contributed by atoms with van der Waals surface area (Å²) in [5.41, 5.74) is 7.37. The second kappa shape index (κ2) is 7.93. The van der Waals surface area contributed by atoms with Crippen molar-refractivity contribution in [3.05, 3.63) is 126 Å². The Balaban J connectivity index is 1.33. The predicted molar refractivity (Wildman–Crippen MR) is 131 cm³/mol. The van der Waals surface area contributed by atoms with Gasteiger partial charge in [-0.25, -0.2) is 9.97 Å². The zero-order valence-electron chi connectivity index (χ0n) is 17.7. The summed E-state index contributed by atoms with van der Waals surface area (Å²) in [6.45, 7) is 0.689. The van der Waals surface area contributed by atoms with E-state index in [9.17, 15) is 0 Å². The lowest BCUT2D eigenvalue weighted by atomic mass is 9.78. The summed E-state index contributed by atoms with van der Waals surface area (Å²) in [6.07, 6.45) is 2.92. The molecule has 154 valence electrons. The Morgan fingerprint density at radius 1 is 0.781 bits per heavy atom. The Labute approximate surface area is 187 Å². The molecule has 0 radical (unpaired) electrons. The molecule has 0 fully saturated rings. The van der Waals surface area contributed by atoms with E-state index in [1.54, 1.807) is 0 Å². The Kier molecular flexibility index (Phi) is 4.65. The zero-order valence-corrected chi connectivity index (χ0v) is 17.7. The topological polar surface area (TPSA) is 37.8 Å². The highest BCUT2D eigenvalue weighted by Gasteiger charge is 2.27. The van der Waals surface area contributed by atoms with E-state index in [2.05, 4.69) is 107 Å². The summed E-state index contributed by atoms with van der Waals surface area (Å²) in [5, 5.41) is 5.96. The Morgan fingerprint density at radius 3 is 2.50 bits per heavy atom. The molecule has 32 heavy (non-hydrogen) atoms. The number of benzene rings is 4. The molecule has 0 saturated carbocycles. The van der Waals surface area contributed by atoms with Gasteiger partial charge in [0.05, 0.1) is 5.69 Å². The molecule has 0 saturated heterocycles. The van der Waals surface area contributed by atoms with Gasteiger partial charge in [0.15, 0.2) is 0 Å². The standard InChI is InChI=1S/C29H23N3/c1-2-9-21(10-3-1)27-17-23-19-31-29(32-28(23)26-16-7-6-15-25(26)27)30-18-22-13-8-12-20-11-4-5-14-24(20)22/h1-16,19,27H,17-18H2,(H,30,31,32). The second-order valence-corrected chi connectivity index (χ2v) is 8.31. The third kappa shape index (κ3) is 3.32. The Hall–Kier alpha value is -3.98. The molecule has 1 N–H and O–H groups in total. The normalized spacial score (nSPS) is 14.6. The third-order valence-corrected chi connectivity index (χ3v) is 6.40. The minimum absolute atomic E-state index is 0.331. The summed E-state index contributed by atoms with van der Waals surface area (Å²) in [7, 11) is 0. The number of fused-ring (bicyclic) bond motifs is 4. The largest absolute Gasteiger partial charge is 0.350 e. The van der Waals surface area contributed by atoms with Crippen LogP contribution in [0, 0.1) is 0 Å². The van der Waals surface area contributed by atoms with Gasteiger partial charge >= 0.3 is 0 Å². The molecule has 0 spiro atoms. The molecule has 1 atom stereocenters. The van der Waals surface area contributed by atoms with Gasteiger partial charge in [0.25, 0.3) is 0 Å². The van der Waals surface area contributed by atoms with Gasteiger partial charge in [-0.05, 0) is 39.4 Å². The number of rotatable bonds is 4. The summed E-state index contributed by atoms with van der Waals surface area (Å²) in [6, 6.07) is 34.3. The molecule has 6 rings (SSSR count). The second-order valence-electron chi connectivity index (χ2n) is 8.31. The lowest BCUT2D eigenvalue weighted by molar-refractivity contribution is 0.781. The number of nitrogens with zero attached hydrogens (tertiary/aromatic N) is 2. The molecule has 1 unspecified atom stereocenters. The van der Waals surface area contributed by atoms with Crippen LogP contribution in [0.3, 0.4) is 0 Å². The lowest BCUT2D eigenvalue weighted by Gasteiger charge is -2.27. The number of hydrogen-bond acceptors (Lipinski definition) is 3. The molecule has 0 bridgehead atoms. The van der Waals surface area contributed by atoms with Crippen molar-refractivity contribution >= 4 is 16.7 Å². The molecular weight excluding hydrogens is 390 g/mol. The van der Waals surface area contributed by atoms with Crippen LogP contribution in [0.5, 0.6) is 0 Å². The summed E-state index contributed by atoms with van der Waals surface area (Å²) in [4.78, 5) is 9.62. The monoisotopic (exact) mass is 413 g/mol. The Morgan fingerprint density at radius 2 is 1.56 bits per heavy atom. The number of aromatic nitrogens is 2. The van der Waals surface area contributed by atoms with Crippen LogP contribution in [0.4, 0.5) is 5.95 Å². The fourth-order valence-electron chi connectivity index (χ4n) is 4.82. The van der Waals surface area contributed by atoms with Gasteiger partial charge < -0.3 is 5.32 Å². The highest BCUT2D eigenvalue weighted by atomic mass is 15.1. The van der Waals surface area contributed by atoms with Crippen molar-refractivity contribution < 1.29 is 0 Å². The average Bonchev–Trinajstić information content (AvgIpc) is 2.87. The van der Waals surface area contributed by atoms with Crippen molar-refractivity contribution in [1.29, 1.82) is 0 Å². The summed E-state index contributed by atoms with van der Waals surface area (Å²) in [5.74, 6) is 1.00. The van der Waals surface area contributed by atoms with Crippen LogP contribution in [-0.4, -0.2) is 9.97 Å². The molecule has 3 nitrogen and oxygen atoms in total. The summed E-state index contributed by atoms with van der Waals surface area (Å²) < 4.78 is 0. The van der Waals surface area contributed by atoms with Crippen LogP contribution in [0.25, 0.3) is 22.0 Å². The number of nitrogens with one attached hydrogen (secondary N) is 1. The summed E-state index contributed by atoms with van der Waals surface area (Å²) >= 11 is 0. The highest BCUT2D eigenvalue weighted by molar-refractivity contribution is 5.85. The molecule has 5 aromatic rings. The van der Waals surface area contributed by atoms with Crippen LogP contribution < -0.4 is 5.32 Å². The molecule has 1 aliphatic carbocycles. The zero-order chi connectivity index (χ0) is 21.3. The molecule has 0 amide bonds. The maximum absolute atomic E-state index is 4.96. The van der Waals surface area contributed by atoms with E-state index in [0.717, 1.165) is 12.1 Å². The quantitative estimate of drug-likeness (QED) is 0.361. The van der Waals surface area contributed by atoms with Gasteiger partial charge in [-0.1, -0.05) is 97.1 Å². The maximum atomic E-state index is 4.96. The first-order chi connectivity index (χ1) is 15.9. The van der Waals surface area contributed by atoms with Crippen LogP contribution in [0.2, 0.25) is 0 Å². The van der Waals surface area contributed by atoms with E-state index >= 15 is 0 Å². The SMILES string of the molecule is c1ccc(C2Cc3cnc(NCc4cccc5ccccc45)nc3-c3ccccc32)cc1. The fourth-order valence-corrected chi connectivity index (χ4v) is 4.82. The van der Waals surface area contributed by atoms with Crippen LogP contribution in [0.1, 0.15) is 28.2 Å². The minimum Gasteiger partial charge on any atom is -0.350 e. The van der Waals surface area contributed by atoms with E-state index in [0.29, 0.717) is 18.4 Å². The first-order valence-electron chi connectivity index (χ1n) is 11.1. The maximum Gasteiger partial charge on any atom is 0.223 e. The van der Waals surface area contributed by atoms with E-state index in [-0.39, 0.29) is 0 Å². The van der Waals surface area contributed by atoms with E-state index in [4.69, 9.17) is 4.98 Å². The van der Waals surface area contributed by atoms with E-state index in [1.807, 2.05) is 6.20 Å². The first kappa shape index (κ1) is 18.8. The smallest absolute Gasteiger partial charge is 0.223 e. The van der Waals surface area contributed by atoms with Crippen molar-refractivity contribution in [3.8, 4) is 11.3 Å². The van der Waals surface area contributed by atoms with Gasteiger partial charge in [0, 0.05) is 24.2 Å². The fraction of sp³-hybridized carbons (Fsp3) is 0.103. The number of hydrogen-bond donors (Lipinski definition) is 1. The number of anilines is 1. The Bertz CT molecular complexity index is 1400. The van der Waals surface area contributed by atoms with Crippen molar-refractivity contribution in [2.75, 3.05) is 5.32 Å². The first-order valence-corrected chi connectivity index (χ1v) is 11.1. The average molecular weight is 414 g/mol. The van der Waals surface area contributed by atoms with Crippen molar-refractivity contribution in [2.24, 2.45) is 0 Å². The van der Waals surface area contributed by atoms with Crippen molar-refractivity contribution in [2.45, 2.75) is 18.9 Å². The molecule has 3 heteroatoms. The molecule has 4 aromatic carbocycles.